The molecule has 2 aromatic heterocycles. The van der Waals surface area contributed by atoms with E-state index in [1.807, 2.05) is 56.3 Å². The molecule has 164 valence electrons. The van der Waals surface area contributed by atoms with Crippen molar-refractivity contribution in [2.24, 2.45) is 0 Å². The molecule has 32 heavy (non-hydrogen) atoms. The lowest BCUT2D eigenvalue weighted by atomic mass is 10.1. The van der Waals surface area contributed by atoms with Gasteiger partial charge in [-0.15, -0.1) is 0 Å². The number of halogens is 2. The number of aryl methyl sites for hydroxylation is 2. The SMILES string of the molecule is Cc1cccc(C)c1OCc1ccc(C(=O)Nc2nn(Cc3ccc(Cl)cc3)cc2Br)o1. The van der Waals surface area contributed by atoms with Crippen LogP contribution < -0.4 is 10.1 Å². The van der Waals surface area contributed by atoms with E-state index in [0.29, 0.717) is 27.6 Å². The number of anilines is 1. The summed E-state index contributed by atoms with van der Waals surface area (Å²) >= 11 is 9.37. The average molecular weight is 515 g/mol. The van der Waals surface area contributed by atoms with Crippen molar-refractivity contribution in [3.8, 4) is 5.75 Å². The maximum atomic E-state index is 12.6. The van der Waals surface area contributed by atoms with Crippen molar-refractivity contribution in [1.29, 1.82) is 0 Å². The standard InChI is InChI=1S/C24H21BrClN3O3/c1-15-4-3-5-16(2)22(15)31-14-19-10-11-21(32-19)24(30)27-23-20(25)13-29(28-23)12-17-6-8-18(26)9-7-17/h3-11,13H,12,14H2,1-2H3,(H,27,28,30). The molecule has 1 N–H and O–H groups in total. The second-order valence-electron chi connectivity index (χ2n) is 7.38. The number of para-hydroxylation sites is 1. The Kier molecular flexibility index (Phi) is 6.67. The normalized spacial score (nSPS) is 10.9. The minimum absolute atomic E-state index is 0.184. The number of rotatable bonds is 7. The molecule has 0 radical (unpaired) electrons. The number of aromatic nitrogens is 2. The lowest BCUT2D eigenvalue weighted by Gasteiger charge is -2.10. The Morgan fingerprint density at radius 1 is 1.12 bits per heavy atom. The van der Waals surface area contributed by atoms with Gasteiger partial charge in [0, 0.05) is 11.2 Å². The van der Waals surface area contributed by atoms with Gasteiger partial charge in [0.25, 0.3) is 5.91 Å². The number of hydrogen-bond donors (Lipinski definition) is 1. The van der Waals surface area contributed by atoms with E-state index < -0.39 is 0 Å². The van der Waals surface area contributed by atoms with Gasteiger partial charge in [-0.2, -0.15) is 5.10 Å². The summed E-state index contributed by atoms with van der Waals surface area (Å²) in [6.45, 7) is 4.77. The minimum Gasteiger partial charge on any atom is -0.485 e. The first-order valence-corrected chi connectivity index (χ1v) is 11.1. The molecule has 8 heteroatoms. The van der Waals surface area contributed by atoms with E-state index in [2.05, 4.69) is 26.3 Å². The Hall–Kier alpha value is -3.03. The van der Waals surface area contributed by atoms with Crippen LogP contribution in [0.1, 0.15) is 33.0 Å². The number of nitrogens with zero attached hydrogens (tertiary/aromatic N) is 2. The van der Waals surface area contributed by atoms with Crippen molar-refractivity contribution in [2.45, 2.75) is 27.0 Å². The molecule has 4 aromatic rings. The predicted molar refractivity (Wildman–Crippen MR) is 127 cm³/mol. The summed E-state index contributed by atoms with van der Waals surface area (Å²) in [4.78, 5) is 12.6. The molecule has 0 saturated heterocycles. The van der Waals surface area contributed by atoms with Crippen molar-refractivity contribution >= 4 is 39.3 Å². The summed E-state index contributed by atoms with van der Waals surface area (Å²) in [7, 11) is 0. The van der Waals surface area contributed by atoms with Gasteiger partial charge in [-0.3, -0.25) is 9.48 Å². The van der Waals surface area contributed by atoms with Crippen molar-refractivity contribution in [2.75, 3.05) is 5.32 Å². The zero-order valence-electron chi connectivity index (χ0n) is 17.6. The summed E-state index contributed by atoms with van der Waals surface area (Å²) in [5, 5.41) is 7.89. The van der Waals surface area contributed by atoms with Gasteiger partial charge in [-0.25, -0.2) is 0 Å². The molecule has 4 rings (SSSR count). The molecule has 0 unspecified atom stereocenters. The van der Waals surface area contributed by atoms with Crippen LogP contribution in [0.4, 0.5) is 5.82 Å². The average Bonchev–Trinajstić information content (AvgIpc) is 3.36. The van der Waals surface area contributed by atoms with Gasteiger partial charge in [0.15, 0.2) is 11.6 Å². The first-order chi connectivity index (χ1) is 15.4. The number of hydrogen-bond acceptors (Lipinski definition) is 4. The number of nitrogens with one attached hydrogen (secondary N) is 1. The molecule has 2 aromatic carbocycles. The van der Waals surface area contributed by atoms with Crippen LogP contribution in [0.15, 0.2) is 69.7 Å². The van der Waals surface area contributed by atoms with Crippen molar-refractivity contribution in [3.63, 3.8) is 0 Å². The first-order valence-electron chi connectivity index (χ1n) is 9.95. The second-order valence-corrected chi connectivity index (χ2v) is 8.67. The van der Waals surface area contributed by atoms with Gasteiger partial charge < -0.3 is 14.5 Å². The van der Waals surface area contributed by atoms with E-state index in [4.69, 9.17) is 20.8 Å². The maximum absolute atomic E-state index is 12.6. The van der Waals surface area contributed by atoms with Crippen LogP contribution in [-0.4, -0.2) is 15.7 Å². The number of carbonyl (C=O) groups is 1. The highest BCUT2D eigenvalue weighted by atomic mass is 79.9. The van der Waals surface area contributed by atoms with Crippen molar-refractivity contribution in [1.82, 2.24) is 9.78 Å². The summed E-state index contributed by atoms with van der Waals surface area (Å²) in [5.41, 5.74) is 3.14. The van der Waals surface area contributed by atoms with Crippen LogP contribution in [0.3, 0.4) is 0 Å². The van der Waals surface area contributed by atoms with Crippen LogP contribution in [0.2, 0.25) is 5.02 Å². The minimum atomic E-state index is -0.388. The Labute approximate surface area is 199 Å². The summed E-state index contributed by atoms with van der Waals surface area (Å²) < 4.78 is 14.0. The molecule has 0 saturated carbocycles. The lowest BCUT2D eigenvalue weighted by molar-refractivity contribution is 0.0992. The Morgan fingerprint density at radius 3 is 2.56 bits per heavy atom. The van der Waals surface area contributed by atoms with E-state index in [1.54, 1.807) is 23.0 Å². The molecular weight excluding hydrogens is 494 g/mol. The van der Waals surface area contributed by atoms with Gasteiger partial charge >= 0.3 is 0 Å². The van der Waals surface area contributed by atoms with E-state index in [0.717, 1.165) is 22.4 Å². The Bertz CT molecular complexity index is 1230. The van der Waals surface area contributed by atoms with Crippen LogP contribution >= 0.6 is 27.5 Å². The van der Waals surface area contributed by atoms with Crippen LogP contribution in [-0.2, 0) is 13.2 Å². The molecule has 0 aliphatic rings. The zero-order valence-corrected chi connectivity index (χ0v) is 19.9. The van der Waals surface area contributed by atoms with E-state index in [1.165, 1.54) is 0 Å². The fourth-order valence-electron chi connectivity index (χ4n) is 3.26. The monoisotopic (exact) mass is 513 g/mol. The highest BCUT2D eigenvalue weighted by Gasteiger charge is 2.16. The number of amides is 1. The third kappa shape index (κ3) is 5.23. The Balaban J connectivity index is 1.39. The summed E-state index contributed by atoms with van der Waals surface area (Å²) in [5.74, 6) is 1.59. The largest absolute Gasteiger partial charge is 0.485 e. The van der Waals surface area contributed by atoms with Crippen LogP contribution in [0, 0.1) is 13.8 Å². The quantitative estimate of drug-likeness (QED) is 0.310. The van der Waals surface area contributed by atoms with Gasteiger partial charge in [-0.05, 0) is 70.7 Å². The number of benzene rings is 2. The van der Waals surface area contributed by atoms with E-state index in [9.17, 15) is 4.79 Å². The molecule has 6 nitrogen and oxygen atoms in total. The Morgan fingerprint density at radius 2 is 1.84 bits per heavy atom. The topological polar surface area (TPSA) is 69.3 Å². The van der Waals surface area contributed by atoms with Gasteiger partial charge in [0.05, 0.1) is 11.0 Å². The fourth-order valence-corrected chi connectivity index (χ4v) is 3.80. The van der Waals surface area contributed by atoms with Crippen LogP contribution in [0.25, 0.3) is 0 Å². The summed E-state index contributed by atoms with van der Waals surface area (Å²) in [6, 6.07) is 16.9. The molecule has 0 fully saturated rings. The molecule has 0 aliphatic heterocycles. The van der Waals surface area contributed by atoms with Gasteiger partial charge in [-0.1, -0.05) is 41.9 Å². The van der Waals surface area contributed by atoms with E-state index in [-0.39, 0.29) is 18.3 Å². The smallest absolute Gasteiger partial charge is 0.292 e. The number of carbonyl (C=O) groups excluding carboxylic acids is 1. The highest BCUT2D eigenvalue weighted by Crippen LogP contribution is 2.25. The van der Waals surface area contributed by atoms with Crippen molar-refractivity contribution < 1.29 is 13.9 Å². The van der Waals surface area contributed by atoms with Gasteiger partial charge in [0.1, 0.15) is 18.1 Å². The molecule has 0 atom stereocenters. The first kappa shape index (κ1) is 22.2. The summed E-state index contributed by atoms with van der Waals surface area (Å²) in [6.07, 6.45) is 1.80. The molecular formula is C24H21BrClN3O3. The molecule has 0 spiro atoms. The fraction of sp³-hybridized carbons (Fsp3) is 0.167. The van der Waals surface area contributed by atoms with Crippen LogP contribution in [0.5, 0.6) is 5.75 Å². The molecule has 1 amide bonds. The lowest BCUT2D eigenvalue weighted by Crippen LogP contribution is -2.12. The highest BCUT2D eigenvalue weighted by molar-refractivity contribution is 9.10. The number of ether oxygens (including phenoxy) is 1. The third-order valence-electron chi connectivity index (χ3n) is 4.86. The zero-order chi connectivity index (χ0) is 22.7. The molecule has 0 aliphatic carbocycles. The second kappa shape index (κ2) is 9.63. The van der Waals surface area contributed by atoms with Crippen molar-refractivity contribution in [3.05, 3.63) is 98.5 Å². The predicted octanol–water partition coefficient (Wildman–Crippen LogP) is 6.39. The van der Waals surface area contributed by atoms with E-state index >= 15 is 0 Å². The van der Waals surface area contributed by atoms with Gasteiger partial charge in [0.2, 0.25) is 0 Å². The molecule has 2 heterocycles. The molecule has 0 bridgehead atoms. The maximum Gasteiger partial charge on any atom is 0.292 e. The third-order valence-corrected chi connectivity index (χ3v) is 5.69. The number of furan rings is 1.